The van der Waals surface area contributed by atoms with Crippen LogP contribution >= 0.6 is 0 Å². The smallest absolute Gasteiger partial charge is 0.336 e. The molecule has 0 amide bonds. The maximum atomic E-state index is 13.2. The van der Waals surface area contributed by atoms with Gasteiger partial charge < -0.3 is 34.4 Å². The van der Waals surface area contributed by atoms with E-state index in [0.717, 1.165) is 11.3 Å². The third-order valence-electron chi connectivity index (χ3n) is 6.95. The first-order valence-electron chi connectivity index (χ1n) is 12.9. The van der Waals surface area contributed by atoms with Crippen molar-refractivity contribution in [1.29, 1.82) is 0 Å². The highest BCUT2D eigenvalue weighted by Gasteiger charge is 2.35. The van der Waals surface area contributed by atoms with Gasteiger partial charge in [-0.1, -0.05) is 18.2 Å². The lowest BCUT2D eigenvalue weighted by atomic mass is 9.83. The lowest BCUT2D eigenvalue weighted by molar-refractivity contribution is -0.138. The predicted octanol–water partition coefficient (Wildman–Crippen LogP) is 3.86. The number of carboxylic acid groups (broad SMARTS) is 1. The van der Waals surface area contributed by atoms with Gasteiger partial charge in [-0.25, -0.2) is 14.6 Å². The summed E-state index contributed by atoms with van der Waals surface area (Å²) in [5.74, 6) is -1.24. The molecule has 0 spiro atoms. The van der Waals surface area contributed by atoms with Gasteiger partial charge >= 0.3 is 11.9 Å². The van der Waals surface area contributed by atoms with Crippen LogP contribution in [0, 0.1) is 0 Å². The van der Waals surface area contributed by atoms with E-state index in [1.807, 2.05) is 18.2 Å². The van der Waals surface area contributed by atoms with Gasteiger partial charge in [0.1, 0.15) is 11.2 Å². The number of nitrogens with zero attached hydrogens (tertiary/aromatic N) is 1. The van der Waals surface area contributed by atoms with Crippen molar-refractivity contribution in [3.05, 3.63) is 99.1 Å². The molecule has 3 heterocycles. The van der Waals surface area contributed by atoms with E-state index in [9.17, 15) is 14.7 Å². The molecule has 1 aliphatic heterocycles. The van der Waals surface area contributed by atoms with Crippen molar-refractivity contribution >= 4 is 18.0 Å². The second-order valence-corrected chi connectivity index (χ2v) is 9.38. The van der Waals surface area contributed by atoms with Crippen LogP contribution in [0.15, 0.2) is 70.9 Å². The number of esters is 1. The summed E-state index contributed by atoms with van der Waals surface area (Å²) in [7, 11) is 3.07. The molecule has 0 radical (unpaired) electrons. The van der Waals surface area contributed by atoms with Crippen molar-refractivity contribution in [2.45, 2.75) is 19.8 Å². The zero-order valence-corrected chi connectivity index (χ0v) is 22.9. The van der Waals surface area contributed by atoms with E-state index in [-0.39, 0.29) is 17.9 Å². The number of aromatic nitrogens is 2. The van der Waals surface area contributed by atoms with Gasteiger partial charge in [-0.05, 0) is 67.4 Å². The zero-order valence-electron chi connectivity index (χ0n) is 22.9. The molecule has 0 fully saturated rings. The molecule has 2 aromatic heterocycles. The zero-order chi connectivity index (χ0) is 29.3. The fraction of sp³-hybridized carbons (Fsp3) is 0.194. The van der Waals surface area contributed by atoms with Crippen LogP contribution in [-0.4, -0.2) is 52.9 Å². The fourth-order valence-corrected chi connectivity index (χ4v) is 5.01. The summed E-state index contributed by atoms with van der Waals surface area (Å²) in [5.41, 5.74) is 4.82. The van der Waals surface area contributed by atoms with Gasteiger partial charge in [-0.2, -0.15) is 0 Å². The summed E-state index contributed by atoms with van der Waals surface area (Å²) in [4.78, 5) is 35.4. The van der Waals surface area contributed by atoms with Crippen molar-refractivity contribution in [2.75, 3.05) is 20.8 Å². The molecule has 0 saturated carbocycles. The topological polar surface area (TPSA) is 146 Å². The van der Waals surface area contributed by atoms with Crippen LogP contribution in [0.3, 0.4) is 0 Å². The first-order chi connectivity index (χ1) is 19.7. The number of aromatic carboxylic acids is 1. The molecule has 1 atom stereocenters. The van der Waals surface area contributed by atoms with Gasteiger partial charge in [-0.15, -0.1) is 0 Å². The Morgan fingerprint density at radius 1 is 1.00 bits per heavy atom. The minimum Gasteiger partial charge on any atom is -0.505 e. The van der Waals surface area contributed by atoms with Crippen molar-refractivity contribution in [2.24, 2.45) is 4.99 Å². The van der Waals surface area contributed by atoms with Gasteiger partial charge in [0, 0.05) is 11.4 Å². The van der Waals surface area contributed by atoms with Gasteiger partial charge in [-0.3, -0.25) is 0 Å². The average molecular weight is 556 g/mol. The van der Waals surface area contributed by atoms with Crippen molar-refractivity contribution in [3.63, 3.8) is 0 Å². The second kappa shape index (κ2) is 11.1. The maximum absolute atomic E-state index is 13.2. The lowest BCUT2D eigenvalue weighted by Crippen LogP contribution is -2.26. The quantitative estimate of drug-likeness (QED) is 0.242. The molecule has 10 nitrogen and oxygen atoms in total. The minimum atomic E-state index is -0.990. The molecular weight excluding hydrogens is 526 g/mol. The highest BCUT2D eigenvalue weighted by Crippen LogP contribution is 2.41. The lowest BCUT2D eigenvalue weighted by Gasteiger charge is -2.24. The second-order valence-electron chi connectivity index (χ2n) is 9.38. The fourth-order valence-electron chi connectivity index (χ4n) is 5.01. The number of rotatable bonds is 8. The number of carboxylic acids is 1. The summed E-state index contributed by atoms with van der Waals surface area (Å²) in [6.07, 6.45) is 1.74. The van der Waals surface area contributed by atoms with Crippen molar-refractivity contribution in [1.82, 2.24) is 9.97 Å². The summed E-state index contributed by atoms with van der Waals surface area (Å²) < 4.78 is 16.3. The molecule has 2 aromatic carbocycles. The molecular formula is C31H29N3O7. The number of ether oxygens (including phenoxy) is 3. The Labute approximate surface area is 235 Å². The maximum Gasteiger partial charge on any atom is 0.336 e. The number of hydrogen-bond donors (Lipinski definition) is 4. The summed E-state index contributed by atoms with van der Waals surface area (Å²) >= 11 is 0. The van der Waals surface area contributed by atoms with E-state index in [0.29, 0.717) is 50.4 Å². The van der Waals surface area contributed by atoms with E-state index < -0.39 is 17.9 Å². The van der Waals surface area contributed by atoms with Crippen molar-refractivity contribution < 1.29 is 34.0 Å². The van der Waals surface area contributed by atoms with E-state index in [1.54, 1.807) is 63.4 Å². The number of carbonyl (C=O) groups is 2. The molecule has 0 saturated heterocycles. The Morgan fingerprint density at radius 2 is 1.73 bits per heavy atom. The molecule has 4 aromatic rings. The van der Waals surface area contributed by atoms with Gasteiger partial charge in [0.05, 0.1) is 54.5 Å². The molecule has 1 unspecified atom stereocenters. The number of hydrogen-bond acceptors (Lipinski definition) is 7. The minimum absolute atomic E-state index is 0.0557. The standard InChI is InChI=1S/C31H29N3O7/c1-5-41-31(38)25-16(2)32-29-27(26(25)19-10-13-23(39-3)24(14-19)40-4)28(35)22(34-29)15-20-11-12-21(33-20)17-6-8-18(9-7-17)30(36)37/h6-15,26,33,35H,5H2,1-4H3,(H,32,34)(H,36,37). The van der Waals surface area contributed by atoms with Crippen LogP contribution in [0.4, 0.5) is 0 Å². The number of H-pyrrole nitrogens is 2. The first-order valence-corrected chi connectivity index (χ1v) is 12.9. The number of methoxy groups -OCH3 is 2. The summed E-state index contributed by atoms with van der Waals surface area (Å²) in [6, 6.07) is 15.6. The third-order valence-corrected chi connectivity index (χ3v) is 6.95. The Morgan fingerprint density at radius 3 is 2.39 bits per heavy atom. The normalized spacial score (nSPS) is 14.8. The summed E-state index contributed by atoms with van der Waals surface area (Å²) in [6.45, 7) is 3.65. The monoisotopic (exact) mass is 555 g/mol. The van der Waals surface area contributed by atoms with E-state index in [2.05, 4.69) is 15.0 Å². The van der Waals surface area contributed by atoms with Crippen molar-refractivity contribution in [3.8, 4) is 28.5 Å². The molecule has 5 rings (SSSR count). The molecule has 0 bridgehead atoms. The number of nitrogens with one attached hydrogen (secondary N) is 2. The van der Waals surface area contributed by atoms with Gasteiger partial charge in [0.2, 0.25) is 0 Å². The number of allylic oxidation sites excluding steroid dienone is 1. The van der Waals surface area contributed by atoms with Crippen LogP contribution < -0.4 is 20.3 Å². The Bertz CT molecular complexity index is 1800. The molecule has 41 heavy (non-hydrogen) atoms. The first kappa shape index (κ1) is 27.3. The van der Waals surface area contributed by atoms with Crippen LogP contribution in [0.5, 0.6) is 17.2 Å². The number of benzene rings is 2. The Balaban J connectivity index is 1.61. The molecule has 0 aliphatic carbocycles. The van der Waals surface area contributed by atoms with Crippen LogP contribution in [0.2, 0.25) is 0 Å². The van der Waals surface area contributed by atoms with Gasteiger partial charge in [0.15, 0.2) is 11.5 Å². The van der Waals surface area contributed by atoms with Crippen LogP contribution in [0.1, 0.15) is 46.9 Å². The Kier molecular flexibility index (Phi) is 7.39. The average Bonchev–Trinajstić information content (AvgIpc) is 3.56. The van der Waals surface area contributed by atoms with E-state index in [1.165, 1.54) is 7.11 Å². The molecule has 210 valence electrons. The SMILES string of the molecule is CCOC(=O)C1=C(C)N=c2[nH]c(=Cc3ccc(-c4ccc(C(=O)O)cc4)[nH]3)c(O)c2C1c1ccc(OC)c(OC)c1. The predicted molar refractivity (Wildman–Crippen MR) is 151 cm³/mol. The summed E-state index contributed by atoms with van der Waals surface area (Å²) in [5, 5.41) is 21.0. The highest BCUT2D eigenvalue weighted by atomic mass is 16.5. The van der Waals surface area contributed by atoms with Crippen LogP contribution in [-0.2, 0) is 9.53 Å². The third kappa shape index (κ3) is 5.07. The molecule has 1 aliphatic rings. The Hall–Kier alpha value is -5.25. The van der Waals surface area contributed by atoms with E-state index >= 15 is 0 Å². The number of aromatic amines is 2. The van der Waals surface area contributed by atoms with Crippen LogP contribution in [0.25, 0.3) is 17.3 Å². The number of fused-ring (bicyclic) bond motifs is 1. The molecule has 4 N–H and O–H groups in total. The van der Waals surface area contributed by atoms with E-state index in [4.69, 9.17) is 19.3 Å². The highest BCUT2D eigenvalue weighted by molar-refractivity contribution is 5.93. The number of carbonyl (C=O) groups excluding carboxylic acids is 1. The van der Waals surface area contributed by atoms with Gasteiger partial charge in [0.25, 0.3) is 0 Å². The largest absolute Gasteiger partial charge is 0.505 e. The number of aromatic hydroxyl groups is 1. The molecule has 10 heteroatoms.